The molecule has 1 aliphatic heterocycles. The average molecular weight is 467 g/mol. The number of rotatable bonds is 10. The van der Waals surface area contributed by atoms with Crippen LogP contribution in [0.25, 0.3) is 6.08 Å². The standard InChI is InChI=1S/C28H35FN2O3/c1-21(16-22-8-4-3-5-9-22)18-30(19-25-12-7-15-31(25)24-10-6-11-24)28(32)23-13-14-26(34-20-29)27(17-23)33-2/h3-5,8-9,13-14,16-17,24-25H,6-7,10-12,15,18-20H2,1-2H3/b21-16+/t25-/m0/s1. The van der Waals surface area contributed by atoms with Gasteiger partial charge in [-0.1, -0.05) is 48.4 Å². The van der Waals surface area contributed by atoms with Crippen LogP contribution in [0.3, 0.4) is 0 Å². The highest BCUT2D eigenvalue weighted by Crippen LogP contribution is 2.33. The van der Waals surface area contributed by atoms with Gasteiger partial charge in [-0.05, 0) is 62.9 Å². The van der Waals surface area contributed by atoms with Crippen molar-refractivity contribution in [1.29, 1.82) is 0 Å². The van der Waals surface area contributed by atoms with Crippen LogP contribution in [-0.4, -0.2) is 61.4 Å². The number of halogens is 1. The van der Waals surface area contributed by atoms with E-state index in [1.54, 1.807) is 18.2 Å². The quantitative estimate of drug-likeness (QED) is 0.460. The van der Waals surface area contributed by atoms with Crippen LogP contribution in [0.4, 0.5) is 4.39 Å². The Morgan fingerprint density at radius 1 is 1.12 bits per heavy atom. The molecule has 1 saturated heterocycles. The smallest absolute Gasteiger partial charge is 0.254 e. The summed E-state index contributed by atoms with van der Waals surface area (Å²) in [5, 5.41) is 0. The van der Waals surface area contributed by atoms with E-state index >= 15 is 0 Å². The molecule has 0 bridgehead atoms. The van der Waals surface area contributed by atoms with Gasteiger partial charge in [-0.2, -0.15) is 0 Å². The lowest BCUT2D eigenvalue weighted by Crippen LogP contribution is -2.49. The summed E-state index contributed by atoms with van der Waals surface area (Å²) >= 11 is 0. The molecule has 2 fully saturated rings. The van der Waals surface area contributed by atoms with E-state index in [4.69, 9.17) is 9.47 Å². The van der Waals surface area contributed by atoms with Crippen LogP contribution >= 0.6 is 0 Å². The Hall–Kier alpha value is -2.86. The zero-order valence-electron chi connectivity index (χ0n) is 20.2. The summed E-state index contributed by atoms with van der Waals surface area (Å²) in [6.45, 7) is 3.50. The number of amides is 1. The molecule has 0 unspecified atom stereocenters. The summed E-state index contributed by atoms with van der Waals surface area (Å²) in [6.07, 6.45) is 8.29. The Labute approximate surface area is 202 Å². The van der Waals surface area contributed by atoms with E-state index in [-0.39, 0.29) is 5.91 Å². The number of nitrogens with zero attached hydrogens (tertiary/aromatic N) is 2. The van der Waals surface area contributed by atoms with Crippen molar-refractivity contribution in [1.82, 2.24) is 9.80 Å². The van der Waals surface area contributed by atoms with Gasteiger partial charge in [-0.25, -0.2) is 4.39 Å². The Morgan fingerprint density at radius 3 is 2.59 bits per heavy atom. The summed E-state index contributed by atoms with van der Waals surface area (Å²) in [5.74, 6) is 0.600. The van der Waals surface area contributed by atoms with Gasteiger partial charge >= 0.3 is 0 Å². The number of methoxy groups -OCH3 is 1. The van der Waals surface area contributed by atoms with Gasteiger partial charge in [0.05, 0.1) is 7.11 Å². The fourth-order valence-electron chi connectivity index (χ4n) is 5.07. The van der Waals surface area contributed by atoms with E-state index in [1.165, 1.54) is 32.8 Å². The van der Waals surface area contributed by atoms with Crippen molar-refractivity contribution in [3.05, 3.63) is 65.2 Å². The van der Waals surface area contributed by atoms with E-state index in [9.17, 15) is 9.18 Å². The second kappa shape index (κ2) is 11.5. The molecule has 1 atom stereocenters. The number of carbonyl (C=O) groups is 1. The molecular formula is C28H35FN2O3. The van der Waals surface area contributed by atoms with Crippen LogP contribution in [-0.2, 0) is 0 Å². The van der Waals surface area contributed by atoms with Crippen molar-refractivity contribution in [3.8, 4) is 11.5 Å². The second-order valence-electron chi connectivity index (χ2n) is 9.32. The third-order valence-electron chi connectivity index (χ3n) is 6.96. The topological polar surface area (TPSA) is 42.0 Å². The van der Waals surface area contributed by atoms with Gasteiger partial charge in [0.25, 0.3) is 5.91 Å². The molecule has 2 aromatic carbocycles. The van der Waals surface area contributed by atoms with Gasteiger partial charge < -0.3 is 14.4 Å². The Kier molecular flexibility index (Phi) is 8.22. The van der Waals surface area contributed by atoms with Gasteiger partial charge in [-0.3, -0.25) is 9.69 Å². The molecule has 0 aromatic heterocycles. The molecular weight excluding hydrogens is 431 g/mol. The third kappa shape index (κ3) is 5.79. The maximum Gasteiger partial charge on any atom is 0.254 e. The maximum absolute atomic E-state index is 13.7. The molecule has 1 amide bonds. The van der Waals surface area contributed by atoms with E-state index < -0.39 is 6.86 Å². The molecule has 5 nitrogen and oxygen atoms in total. The summed E-state index contributed by atoms with van der Waals surface area (Å²) < 4.78 is 23.0. The van der Waals surface area contributed by atoms with Crippen molar-refractivity contribution in [2.24, 2.45) is 0 Å². The molecule has 2 aliphatic rings. The molecule has 4 rings (SSSR count). The van der Waals surface area contributed by atoms with Crippen molar-refractivity contribution in [2.45, 2.75) is 51.1 Å². The number of ether oxygens (including phenoxy) is 2. The minimum Gasteiger partial charge on any atom is -0.493 e. The normalized spacial score (nSPS) is 19.0. The number of carbonyl (C=O) groups excluding carboxylic acids is 1. The molecule has 2 aromatic rings. The molecule has 0 N–H and O–H groups in total. The largest absolute Gasteiger partial charge is 0.493 e. The summed E-state index contributed by atoms with van der Waals surface area (Å²) in [5.41, 5.74) is 2.76. The number of likely N-dealkylation sites (tertiary alicyclic amines) is 1. The average Bonchev–Trinajstić information content (AvgIpc) is 3.25. The molecule has 0 spiro atoms. The fraction of sp³-hybridized carbons (Fsp3) is 0.464. The Morgan fingerprint density at radius 2 is 1.91 bits per heavy atom. The number of hydrogen-bond acceptors (Lipinski definition) is 4. The summed E-state index contributed by atoms with van der Waals surface area (Å²) in [6, 6.07) is 16.2. The minimum atomic E-state index is -0.946. The zero-order valence-corrected chi connectivity index (χ0v) is 20.2. The van der Waals surface area contributed by atoms with E-state index in [1.807, 2.05) is 23.1 Å². The van der Waals surface area contributed by atoms with E-state index in [2.05, 4.69) is 30.0 Å². The van der Waals surface area contributed by atoms with Gasteiger partial charge in [0.2, 0.25) is 6.86 Å². The van der Waals surface area contributed by atoms with Gasteiger partial charge in [0, 0.05) is 30.7 Å². The first-order valence-electron chi connectivity index (χ1n) is 12.2. The molecule has 1 aliphatic carbocycles. The van der Waals surface area contributed by atoms with Crippen molar-refractivity contribution < 1.29 is 18.7 Å². The Bertz CT molecular complexity index is 990. The van der Waals surface area contributed by atoms with Crippen LogP contribution < -0.4 is 9.47 Å². The number of benzene rings is 2. The highest BCUT2D eigenvalue weighted by molar-refractivity contribution is 5.95. The molecule has 182 valence electrons. The lowest BCUT2D eigenvalue weighted by atomic mass is 9.91. The van der Waals surface area contributed by atoms with Gasteiger partial charge in [0.1, 0.15) is 0 Å². The predicted molar refractivity (Wildman–Crippen MR) is 133 cm³/mol. The van der Waals surface area contributed by atoms with Crippen molar-refractivity contribution in [3.63, 3.8) is 0 Å². The van der Waals surface area contributed by atoms with Gasteiger partial charge in [-0.15, -0.1) is 0 Å². The van der Waals surface area contributed by atoms with Crippen LogP contribution in [0.15, 0.2) is 54.1 Å². The molecule has 1 heterocycles. The summed E-state index contributed by atoms with van der Waals surface area (Å²) in [7, 11) is 1.49. The molecule has 34 heavy (non-hydrogen) atoms. The first-order chi connectivity index (χ1) is 16.6. The van der Waals surface area contributed by atoms with Crippen LogP contribution in [0.2, 0.25) is 0 Å². The lowest BCUT2D eigenvalue weighted by Gasteiger charge is -2.40. The van der Waals surface area contributed by atoms with E-state index in [0.29, 0.717) is 42.2 Å². The lowest BCUT2D eigenvalue weighted by molar-refractivity contribution is 0.0630. The number of hydrogen-bond donors (Lipinski definition) is 0. The van der Waals surface area contributed by atoms with Crippen molar-refractivity contribution in [2.75, 3.05) is 33.6 Å². The van der Waals surface area contributed by atoms with Crippen LogP contribution in [0.1, 0.15) is 54.9 Å². The molecule has 1 saturated carbocycles. The molecule has 0 radical (unpaired) electrons. The monoisotopic (exact) mass is 466 g/mol. The zero-order chi connectivity index (χ0) is 23.9. The first-order valence-corrected chi connectivity index (χ1v) is 12.2. The van der Waals surface area contributed by atoms with Crippen molar-refractivity contribution >= 4 is 12.0 Å². The maximum atomic E-state index is 13.7. The van der Waals surface area contributed by atoms with Crippen LogP contribution in [0, 0.1) is 0 Å². The predicted octanol–water partition coefficient (Wildman–Crippen LogP) is 5.56. The molecule has 6 heteroatoms. The SMILES string of the molecule is COc1cc(C(=O)N(C/C(C)=C/c2ccccc2)C[C@@H]2CCCN2C2CCC2)ccc1OCF. The van der Waals surface area contributed by atoms with Crippen LogP contribution in [0.5, 0.6) is 11.5 Å². The highest BCUT2D eigenvalue weighted by atomic mass is 19.1. The van der Waals surface area contributed by atoms with Gasteiger partial charge in [0.15, 0.2) is 11.5 Å². The second-order valence-corrected chi connectivity index (χ2v) is 9.32. The van der Waals surface area contributed by atoms with E-state index in [0.717, 1.165) is 24.1 Å². The fourth-order valence-corrected chi connectivity index (χ4v) is 5.07. The highest BCUT2D eigenvalue weighted by Gasteiger charge is 2.35. The first kappa shape index (κ1) is 24.3. The number of alkyl halides is 1. The third-order valence-corrected chi connectivity index (χ3v) is 6.96. The summed E-state index contributed by atoms with van der Waals surface area (Å²) in [4.78, 5) is 18.3. The Balaban J connectivity index is 1.57. The minimum absolute atomic E-state index is 0.0497.